The average Bonchev–Trinajstić information content (AvgIpc) is 2.65. The van der Waals surface area contributed by atoms with Crippen LogP contribution in [0.25, 0.3) is 11.0 Å². The first-order valence-electron chi connectivity index (χ1n) is 8.39. The number of hydrogen-bond donors (Lipinski definition) is 2. The van der Waals surface area contributed by atoms with E-state index in [0.29, 0.717) is 17.4 Å². The number of hydrogen-bond acceptors (Lipinski definition) is 5. The van der Waals surface area contributed by atoms with E-state index in [4.69, 9.17) is 9.15 Å². The lowest BCUT2D eigenvalue weighted by molar-refractivity contribution is -0.136. The molecule has 0 spiro atoms. The second kappa shape index (κ2) is 7.50. The van der Waals surface area contributed by atoms with Gasteiger partial charge in [-0.2, -0.15) is 13.2 Å². The number of carbonyl (C=O) groups is 1. The van der Waals surface area contributed by atoms with Crippen LogP contribution >= 0.6 is 0 Å². The second-order valence-electron chi connectivity index (χ2n) is 6.26. The minimum Gasteiger partial charge on any atom is -0.507 e. The van der Waals surface area contributed by atoms with Gasteiger partial charge in [0.2, 0.25) is 5.91 Å². The number of aromatic hydroxyl groups is 1. The van der Waals surface area contributed by atoms with Crippen LogP contribution in [0.4, 0.5) is 13.2 Å². The third-order valence-corrected chi connectivity index (χ3v) is 4.32. The lowest BCUT2D eigenvalue weighted by Crippen LogP contribution is -2.27. The summed E-state index contributed by atoms with van der Waals surface area (Å²) in [6, 6.07) is 7.67. The number of nitrogens with one attached hydrogen (secondary N) is 1. The van der Waals surface area contributed by atoms with E-state index >= 15 is 0 Å². The molecule has 0 saturated carbocycles. The summed E-state index contributed by atoms with van der Waals surface area (Å²) in [7, 11) is 1.46. The molecule has 0 aliphatic carbocycles. The molecule has 3 aromatic rings. The van der Waals surface area contributed by atoms with Crippen molar-refractivity contribution >= 4 is 16.9 Å². The number of ether oxygens (including phenoxy) is 1. The van der Waals surface area contributed by atoms with Gasteiger partial charge in [0, 0.05) is 18.4 Å². The SMILES string of the molecule is COc1ccc([C@@H](NC(C)=O)c2c(O)ccc3c(C(F)(F)F)cc(=O)oc23)cc1. The van der Waals surface area contributed by atoms with E-state index in [1.807, 2.05) is 0 Å². The van der Waals surface area contributed by atoms with E-state index in [1.165, 1.54) is 14.0 Å². The topological polar surface area (TPSA) is 88.8 Å². The first-order valence-corrected chi connectivity index (χ1v) is 8.39. The van der Waals surface area contributed by atoms with Gasteiger partial charge in [0.25, 0.3) is 0 Å². The lowest BCUT2D eigenvalue weighted by atomic mass is 9.94. The Morgan fingerprint density at radius 2 is 1.83 bits per heavy atom. The number of phenolic OH excluding ortho intramolecular Hbond substituents is 1. The molecule has 1 atom stereocenters. The van der Waals surface area contributed by atoms with E-state index in [1.54, 1.807) is 24.3 Å². The fourth-order valence-electron chi connectivity index (χ4n) is 3.07. The van der Waals surface area contributed by atoms with Crippen molar-refractivity contribution in [3.63, 3.8) is 0 Å². The molecule has 0 fully saturated rings. The number of amides is 1. The molecule has 0 unspecified atom stereocenters. The van der Waals surface area contributed by atoms with Crippen LogP contribution in [0.5, 0.6) is 11.5 Å². The molecule has 0 aliphatic heterocycles. The Kier molecular flexibility index (Phi) is 5.23. The zero-order chi connectivity index (χ0) is 21.3. The van der Waals surface area contributed by atoms with Crippen molar-refractivity contribution in [3.05, 3.63) is 69.6 Å². The highest BCUT2D eigenvalue weighted by Gasteiger charge is 2.35. The summed E-state index contributed by atoms with van der Waals surface area (Å²) in [4.78, 5) is 23.6. The fourth-order valence-corrected chi connectivity index (χ4v) is 3.07. The molecule has 6 nitrogen and oxygen atoms in total. The largest absolute Gasteiger partial charge is 0.507 e. The van der Waals surface area contributed by atoms with Crippen molar-refractivity contribution in [2.45, 2.75) is 19.1 Å². The van der Waals surface area contributed by atoms with Gasteiger partial charge in [-0.25, -0.2) is 4.79 Å². The van der Waals surface area contributed by atoms with Crippen LogP contribution in [-0.4, -0.2) is 18.1 Å². The van der Waals surface area contributed by atoms with E-state index in [9.17, 15) is 27.9 Å². The van der Waals surface area contributed by atoms with Crippen LogP contribution in [0.3, 0.4) is 0 Å². The Morgan fingerprint density at radius 1 is 1.17 bits per heavy atom. The highest BCUT2D eigenvalue weighted by molar-refractivity contribution is 5.87. The third-order valence-electron chi connectivity index (χ3n) is 4.32. The molecule has 0 bridgehead atoms. The maximum Gasteiger partial charge on any atom is 0.417 e. The Hall–Kier alpha value is -3.49. The van der Waals surface area contributed by atoms with Gasteiger partial charge in [0.15, 0.2) is 0 Å². The third kappa shape index (κ3) is 4.03. The van der Waals surface area contributed by atoms with Crippen LogP contribution in [0, 0.1) is 0 Å². The predicted molar refractivity (Wildman–Crippen MR) is 97.8 cm³/mol. The number of rotatable bonds is 4. The summed E-state index contributed by atoms with van der Waals surface area (Å²) >= 11 is 0. The van der Waals surface area contributed by atoms with Crippen molar-refractivity contribution in [1.82, 2.24) is 5.32 Å². The quantitative estimate of drug-likeness (QED) is 0.643. The number of carbonyl (C=O) groups excluding carboxylic acids is 1. The standard InChI is InChI=1S/C20H16F3NO5/c1-10(25)24-18(11-3-5-12(28-2)6-4-11)17-15(26)8-7-13-14(20(21,22)23)9-16(27)29-19(13)17/h3-9,18,26H,1-2H3,(H,24,25)/t18-/m1/s1. The Bertz CT molecular complexity index is 1120. The fraction of sp³-hybridized carbons (Fsp3) is 0.200. The molecule has 3 rings (SSSR count). The monoisotopic (exact) mass is 407 g/mol. The molecule has 9 heteroatoms. The number of fused-ring (bicyclic) bond motifs is 1. The normalized spacial score (nSPS) is 12.6. The van der Waals surface area contributed by atoms with Crippen LogP contribution in [0.1, 0.15) is 29.7 Å². The van der Waals surface area contributed by atoms with Gasteiger partial charge in [0.05, 0.1) is 24.3 Å². The molecule has 0 aliphatic rings. The molecule has 2 aromatic carbocycles. The van der Waals surface area contributed by atoms with Crippen LogP contribution < -0.4 is 15.7 Å². The summed E-state index contributed by atoms with van der Waals surface area (Å²) in [5.74, 6) is -0.422. The molecule has 1 aromatic heterocycles. The molecule has 29 heavy (non-hydrogen) atoms. The zero-order valence-electron chi connectivity index (χ0n) is 15.3. The maximum atomic E-state index is 13.4. The maximum absolute atomic E-state index is 13.4. The minimum atomic E-state index is -4.81. The van der Waals surface area contributed by atoms with Crippen LogP contribution in [-0.2, 0) is 11.0 Å². The van der Waals surface area contributed by atoms with Gasteiger partial charge in [-0.05, 0) is 29.8 Å². The molecule has 1 amide bonds. The van der Waals surface area contributed by atoms with Gasteiger partial charge in [-0.1, -0.05) is 12.1 Å². The lowest BCUT2D eigenvalue weighted by Gasteiger charge is -2.22. The Morgan fingerprint density at radius 3 is 2.38 bits per heavy atom. The van der Waals surface area contributed by atoms with Crippen molar-refractivity contribution in [3.8, 4) is 11.5 Å². The number of alkyl halides is 3. The second-order valence-corrected chi connectivity index (χ2v) is 6.26. The molecule has 0 saturated heterocycles. The molecule has 1 heterocycles. The average molecular weight is 407 g/mol. The van der Waals surface area contributed by atoms with Crippen molar-refractivity contribution < 1.29 is 32.2 Å². The summed E-state index contributed by atoms with van der Waals surface area (Å²) in [6.07, 6.45) is -4.81. The Labute approximate surface area is 162 Å². The molecular weight excluding hydrogens is 391 g/mol. The number of benzene rings is 2. The number of halogens is 3. The highest BCUT2D eigenvalue weighted by atomic mass is 19.4. The van der Waals surface area contributed by atoms with Crippen molar-refractivity contribution in [1.29, 1.82) is 0 Å². The molecule has 0 radical (unpaired) electrons. The predicted octanol–water partition coefficient (Wildman–Crippen LogP) is 3.75. The van der Waals surface area contributed by atoms with Gasteiger partial charge < -0.3 is 19.6 Å². The first-order chi connectivity index (χ1) is 13.6. The number of methoxy groups -OCH3 is 1. The number of phenols is 1. The first kappa shape index (κ1) is 20.2. The molecular formula is C20H16F3NO5. The smallest absolute Gasteiger partial charge is 0.417 e. The summed E-state index contributed by atoms with van der Waals surface area (Å²) in [5, 5.41) is 12.6. The molecule has 2 N–H and O–H groups in total. The van der Waals surface area contributed by atoms with Crippen molar-refractivity contribution in [2.24, 2.45) is 0 Å². The highest BCUT2D eigenvalue weighted by Crippen LogP contribution is 2.40. The summed E-state index contributed by atoms with van der Waals surface area (Å²) in [6.45, 7) is 1.22. The van der Waals surface area contributed by atoms with E-state index in [-0.39, 0.29) is 5.56 Å². The summed E-state index contributed by atoms with van der Waals surface area (Å²) < 4.78 is 50.4. The molecule has 152 valence electrons. The summed E-state index contributed by atoms with van der Waals surface area (Å²) in [5.41, 5.74) is -2.61. The van der Waals surface area contributed by atoms with Crippen molar-refractivity contribution in [2.75, 3.05) is 7.11 Å². The van der Waals surface area contributed by atoms with E-state index < -0.39 is 46.0 Å². The van der Waals surface area contributed by atoms with E-state index in [2.05, 4.69) is 5.32 Å². The minimum absolute atomic E-state index is 0.161. The van der Waals surface area contributed by atoms with Gasteiger partial charge in [0.1, 0.15) is 17.1 Å². The van der Waals surface area contributed by atoms with Gasteiger partial charge in [-0.3, -0.25) is 4.79 Å². The van der Waals surface area contributed by atoms with Gasteiger partial charge in [-0.15, -0.1) is 0 Å². The zero-order valence-corrected chi connectivity index (χ0v) is 15.3. The van der Waals surface area contributed by atoms with Crippen LogP contribution in [0.2, 0.25) is 0 Å². The van der Waals surface area contributed by atoms with Gasteiger partial charge >= 0.3 is 11.8 Å². The van der Waals surface area contributed by atoms with Crippen LogP contribution in [0.15, 0.2) is 51.7 Å². The van der Waals surface area contributed by atoms with E-state index in [0.717, 1.165) is 12.1 Å². The Balaban J connectivity index is 2.33.